The number of rotatable bonds is 5. The standard InChI is InChI=1S/C9H20N2O8P2/c1-6-7(11(3)8(12)10(6)2)4-5-9(13,20(14,15)16)21(17,18)19/h6-7,13H,4-5H2,1-3H3,(H2,14,15,16)(H2,17,18,19). The van der Waals surface area contributed by atoms with Crippen molar-refractivity contribution in [2.75, 3.05) is 14.1 Å². The molecule has 1 fully saturated rings. The van der Waals surface area contributed by atoms with Crippen molar-refractivity contribution < 1.29 is 38.6 Å². The van der Waals surface area contributed by atoms with Gasteiger partial charge in [0, 0.05) is 20.5 Å². The largest absolute Gasteiger partial charge is 0.369 e. The van der Waals surface area contributed by atoms with Crippen LogP contribution in [0.15, 0.2) is 0 Å². The molecule has 1 rings (SSSR count). The van der Waals surface area contributed by atoms with Gasteiger partial charge in [0.05, 0.1) is 12.1 Å². The van der Waals surface area contributed by atoms with Gasteiger partial charge in [0.1, 0.15) is 0 Å². The third-order valence-corrected chi connectivity index (χ3v) is 7.85. The second-order valence-corrected chi connectivity index (χ2v) is 9.22. The number of aliphatic hydroxyl groups is 1. The van der Waals surface area contributed by atoms with Gasteiger partial charge in [-0.1, -0.05) is 0 Å². The van der Waals surface area contributed by atoms with Crippen molar-refractivity contribution in [2.45, 2.75) is 36.9 Å². The average Bonchev–Trinajstić information content (AvgIpc) is 2.49. The number of amides is 2. The van der Waals surface area contributed by atoms with E-state index >= 15 is 0 Å². The first-order valence-corrected chi connectivity index (χ1v) is 9.30. The van der Waals surface area contributed by atoms with E-state index in [0.29, 0.717) is 0 Å². The van der Waals surface area contributed by atoms with Gasteiger partial charge in [0.2, 0.25) is 0 Å². The Morgan fingerprint density at radius 3 is 1.81 bits per heavy atom. The summed E-state index contributed by atoms with van der Waals surface area (Å²) in [6, 6.07) is -1.16. The Morgan fingerprint density at radius 2 is 1.52 bits per heavy atom. The highest BCUT2D eigenvalue weighted by molar-refractivity contribution is 7.72. The van der Waals surface area contributed by atoms with Crippen LogP contribution in [0.1, 0.15) is 19.8 Å². The fraction of sp³-hybridized carbons (Fsp3) is 0.889. The molecule has 0 saturated carbocycles. The minimum absolute atomic E-state index is 0.166. The third-order valence-electron chi connectivity index (χ3n) is 3.98. The van der Waals surface area contributed by atoms with E-state index in [4.69, 9.17) is 19.6 Å². The number of carbonyl (C=O) groups is 1. The van der Waals surface area contributed by atoms with Gasteiger partial charge in [-0.15, -0.1) is 0 Å². The molecule has 10 nitrogen and oxygen atoms in total. The molecule has 0 spiro atoms. The quantitative estimate of drug-likeness (QED) is 0.418. The summed E-state index contributed by atoms with van der Waals surface area (Å²) in [5.41, 5.74) is 0. The molecule has 0 bridgehead atoms. The first-order valence-electron chi connectivity index (χ1n) is 6.07. The number of urea groups is 1. The molecule has 1 heterocycles. The Kier molecular flexibility index (Phi) is 4.98. The van der Waals surface area contributed by atoms with Crippen molar-refractivity contribution in [3.8, 4) is 0 Å². The maximum Gasteiger partial charge on any atom is 0.369 e. The van der Waals surface area contributed by atoms with Gasteiger partial charge in [0.25, 0.3) is 5.08 Å². The molecule has 0 aromatic heterocycles. The van der Waals surface area contributed by atoms with Crippen molar-refractivity contribution in [1.82, 2.24) is 9.80 Å². The topological polar surface area (TPSA) is 159 Å². The van der Waals surface area contributed by atoms with E-state index in [1.54, 1.807) is 14.0 Å². The molecule has 1 aliphatic rings. The van der Waals surface area contributed by atoms with E-state index in [2.05, 4.69) is 0 Å². The summed E-state index contributed by atoms with van der Waals surface area (Å²) in [7, 11) is -7.90. The van der Waals surface area contributed by atoms with E-state index < -0.39 is 32.7 Å². The van der Waals surface area contributed by atoms with Crippen molar-refractivity contribution in [2.24, 2.45) is 0 Å². The Morgan fingerprint density at radius 1 is 1.10 bits per heavy atom. The highest BCUT2D eigenvalue weighted by Crippen LogP contribution is 2.69. The van der Waals surface area contributed by atoms with Gasteiger partial charge < -0.3 is 34.5 Å². The monoisotopic (exact) mass is 346 g/mol. The summed E-state index contributed by atoms with van der Waals surface area (Å²) >= 11 is 0. The van der Waals surface area contributed by atoms with Crippen LogP contribution in [0.2, 0.25) is 0 Å². The molecule has 0 aromatic rings. The maximum absolute atomic E-state index is 11.7. The minimum atomic E-state index is -5.46. The molecular formula is C9H20N2O8P2. The van der Waals surface area contributed by atoms with Crippen LogP contribution in [0.25, 0.3) is 0 Å². The molecule has 1 saturated heterocycles. The molecular weight excluding hydrogens is 326 g/mol. The lowest BCUT2D eigenvalue weighted by atomic mass is 10.0. The molecule has 0 radical (unpaired) electrons. The second-order valence-electron chi connectivity index (χ2n) is 5.21. The van der Waals surface area contributed by atoms with Gasteiger partial charge in [-0.25, -0.2) is 4.79 Å². The molecule has 12 heteroatoms. The summed E-state index contributed by atoms with van der Waals surface area (Å²) in [4.78, 5) is 50.7. The van der Waals surface area contributed by atoms with Gasteiger partial charge in [-0.05, 0) is 13.3 Å². The number of hydrogen-bond acceptors (Lipinski definition) is 4. The maximum atomic E-state index is 11.7. The summed E-state index contributed by atoms with van der Waals surface area (Å²) in [6.45, 7) is 1.69. The van der Waals surface area contributed by atoms with Crippen LogP contribution in [0, 0.1) is 0 Å². The van der Waals surface area contributed by atoms with Crippen LogP contribution in [0.5, 0.6) is 0 Å². The summed E-state index contributed by atoms with van der Waals surface area (Å²) in [5, 5.41) is 6.37. The zero-order valence-corrected chi connectivity index (χ0v) is 13.6. The van der Waals surface area contributed by atoms with Crippen LogP contribution in [0.3, 0.4) is 0 Å². The lowest BCUT2D eigenvalue weighted by Gasteiger charge is -2.31. The summed E-state index contributed by atoms with van der Waals surface area (Å²) < 4.78 is 22.5. The van der Waals surface area contributed by atoms with Crippen molar-refractivity contribution in [3.05, 3.63) is 0 Å². The van der Waals surface area contributed by atoms with Crippen LogP contribution < -0.4 is 0 Å². The lowest BCUT2D eigenvalue weighted by Crippen LogP contribution is -2.37. The van der Waals surface area contributed by atoms with Gasteiger partial charge >= 0.3 is 21.2 Å². The molecule has 0 aromatic carbocycles. The molecule has 5 N–H and O–H groups in total. The Labute approximate surface area is 121 Å². The van der Waals surface area contributed by atoms with Crippen LogP contribution in [0.4, 0.5) is 4.79 Å². The van der Waals surface area contributed by atoms with E-state index in [0.717, 1.165) is 0 Å². The predicted molar refractivity (Wildman–Crippen MR) is 72.4 cm³/mol. The SMILES string of the molecule is CC1C(CCC(O)(P(=O)(O)O)P(=O)(O)O)N(C)C(=O)N1C. The lowest BCUT2D eigenvalue weighted by molar-refractivity contribution is 0.112. The molecule has 0 aliphatic carbocycles. The van der Waals surface area contributed by atoms with Crippen molar-refractivity contribution in [1.29, 1.82) is 0 Å². The Hall–Kier alpha value is -0.470. The Bertz CT molecular complexity index is 492. The highest BCUT2D eigenvalue weighted by atomic mass is 31.2. The smallest absolute Gasteiger partial charge is 0.368 e. The van der Waals surface area contributed by atoms with Crippen LogP contribution >= 0.6 is 15.2 Å². The Balaban J connectivity index is 2.97. The van der Waals surface area contributed by atoms with E-state index in [1.807, 2.05) is 0 Å². The van der Waals surface area contributed by atoms with Crippen molar-refractivity contribution in [3.63, 3.8) is 0 Å². The molecule has 2 atom stereocenters. The van der Waals surface area contributed by atoms with Crippen molar-refractivity contribution >= 4 is 21.2 Å². The molecule has 1 aliphatic heterocycles. The number of hydrogen-bond donors (Lipinski definition) is 5. The molecule has 21 heavy (non-hydrogen) atoms. The van der Waals surface area contributed by atoms with Gasteiger partial charge in [-0.2, -0.15) is 0 Å². The fourth-order valence-corrected chi connectivity index (χ4v) is 4.58. The first-order chi connectivity index (χ1) is 9.24. The third kappa shape index (κ3) is 3.17. The zero-order valence-electron chi connectivity index (χ0n) is 11.8. The first kappa shape index (κ1) is 18.6. The second kappa shape index (κ2) is 5.62. The van der Waals surface area contributed by atoms with E-state index in [9.17, 15) is 19.0 Å². The van der Waals surface area contributed by atoms with Gasteiger partial charge in [0.15, 0.2) is 0 Å². The normalized spacial score (nSPS) is 24.9. The minimum Gasteiger partial charge on any atom is -0.368 e. The summed E-state index contributed by atoms with van der Waals surface area (Å²) in [6.07, 6.45) is -0.998. The van der Waals surface area contributed by atoms with Gasteiger partial charge in [-0.3, -0.25) is 9.13 Å². The fourth-order valence-electron chi connectivity index (χ4n) is 2.38. The number of likely N-dealkylation sites (N-methyl/N-ethyl adjacent to an activating group) is 2. The van der Waals surface area contributed by atoms with E-state index in [1.165, 1.54) is 16.8 Å². The zero-order chi connectivity index (χ0) is 16.8. The highest BCUT2D eigenvalue weighted by Gasteiger charge is 2.59. The predicted octanol–water partition coefficient (Wildman–Crippen LogP) is -0.478. The van der Waals surface area contributed by atoms with E-state index in [-0.39, 0.29) is 18.5 Å². The molecule has 2 amide bonds. The van der Waals surface area contributed by atoms with Crippen LogP contribution in [-0.4, -0.2) is 71.8 Å². The molecule has 124 valence electrons. The number of carbonyl (C=O) groups excluding carboxylic acids is 1. The number of nitrogens with zero attached hydrogens (tertiary/aromatic N) is 2. The van der Waals surface area contributed by atoms with Crippen LogP contribution in [-0.2, 0) is 9.13 Å². The average molecular weight is 346 g/mol. The molecule has 2 unspecified atom stereocenters. The summed E-state index contributed by atoms with van der Waals surface area (Å²) in [5.74, 6) is 0.